The van der Waals surface area contributed by atoms with E-state index in [4.69, 9.17) is 4.74 Å². The summed E-state index contributed by atoms with van der Waals surface area (Å²) >= 11 is 0. The van der Waals surface area contributed by atoms with Gasteiger partial charge < -0.3 is 14.1 Å². The van der Waals surface area contributed by atoms with Crippen LogP contribution in [0.1, 0.15) is 6.42 Å². The van der Waals surface area contributed by atoms with Gasteiger partial charge in [0.1, 0.15) is 14.1 Å². The number of ether oxygens (including phenoxy) is 1. The minimum absolute atomic E-state index is 0.268. The van der Waals surface area contributed by atoms with Gasteiger partial charge in [0.05, 0.1) is 13.0 Å². The van der Waals surface area contributed by atoms with Gasteiger partial charge in [0.15, 0.2) is 0 Å². The van der Waals surface area contributed by atoms with Crippen molar-refractivity contribution < 1.29 is 14.1 Å². The molecule has 0 radical (unpaired) electrons. The van der Waals surface area contributed by atoms with Crippen LogP contribution in [0.5, 0.6) is 0 Å². The topological polar surface area (TPSA) is 43.4 Å². The lowest BCUT2D eigenvalue weighted by Crippen LogP contribution is -1.91. The highest BCUT2D eigenvalue weighted by molar-refractivity contribution is 7.44. The molecule has 11 heavy (non-hydrogen) atoms. The van der Waals surface area contributed by atoms with Gasteiger partial charge in [0.2, 0.25) is 0 Å². The Hall–Kier alpha value is -0.400. The van der Waals surface area contributed by atoms with Crippen LogP contribution in [0.25, 0.3) is 0 Å². The van der Waals surface area contributed by atoms with Crippen LogP contribution in [0.2, 0.25) is 0 Å². The van der Waals surface area contributed by atoms with Gasteiger partial charge in [-0.25, -0.2) is 0 Å². The van der Waals surface area contributed by atoms with E-state index in [2.05, 4.69) is 6.58 Å². The summed E-state index contributed by atoms with van der Waals surface area (Å²) in [6.07, 6.45) is 3.48. The van der Waals surface area contributed by atoms with E-state index >= 15 is 0 Å². The maximum Gasteiger partial charge on any atom is 0.120 e. The summed E-state index contributed by atoms with van der Waals surface area (Å²) < 4.78 is 15.9. The molecule has 0 aliphatic rings. The standard InChI is InChI=1S/C7H13O3P/c1-2-5-10-7-11(9)6-3-4-8/h2,4,11H,1,3,5-7H2. The van der Waals surface area contributed by atoms with Crippen LogP contribution in [-0.4, -0.2) is 25.4 Å². The first kappa shape index (κ1) is 10.6. The molecule has 0 saturated heterocycles. The van der Waals surface area contributed by atoms with Crippen molar-refractivity contribution in [2.24, 2.45) is 0 Å². The summed E-state index contributed by atoms with van der Waals surface area (Å²) in [5.74, 6) is 0. The summed E-state index contributed by atoms with van der Waals surface area (Å²) in [6, 6.07) is 0. The molecule has 0 aliphatic carbocycles. The molecule has 0 aromatic rings. The Morgan fingerprint density at radius 1 is 1.55 bits per heavy atom. The zero-order valence-corrected chi connectivity index (χ0v) is 7.41. The normalized spacial score (nSPS) is 12.4. The van der Waals surface area contributed by atoms with E-state index < -0.39 is 7.80 Å². The lowest BCUT2D eigenvalue weighted by Gasteiger charge is -1.98. The van der Waals surface area contributed by atoms with Crippen LogP contribution in [0.3, 0.4) is 0 Å². The maximum absolute atomic E-state index is 10.9. The van der Waals surface area contributed by atoms with E-state index in [1.807, 2.05) is 0 Å². The molecule has 4 heteroatoms. The number of carbonyl (C=O) groups excluding carboxylic acids is 1. The monoisotopic (exact) mass is 176 g/mol. The van der Waals surface area contributed by atoms with Crippen molar-refractivity contribution in [3.05, 3.63) is 12.7 Å². The Balaban J connectivity index is 3.21. The molecule has 0 spiro atoms. The van der Waals surface area contributed by atoms with E-state index in [0.717, 1.165) is 6.29 Å². The van der Waals surface area contributed by atoms with Crippen molar-refractivity contribution >= 4 is 14.1 Å². The highest BCUT2D eigenvalue weighted by Crippen LogP contribution is 2.20. The van der Waals surface area contributed by atoms with Gasteiger partial charge >= 0.3 is 0 Å². The first-order valence-corrected chi connectivity index (χ1v) is 5.27. The summed E-state index contributed by atoms with van der Waals surface area (Å²) in [4.78, 5) is 9.86. The van der Waals surface area contributed by atoms with Crippen molar-refractivity contribution in [1.29, 1.82) is 0 Å². The lowest BCUT2D eigenvalue weighted by molar-refractivity contribution is -0.107. The van der Waals surface area contributed by atoms with Crippen LogP contribution in [0, 0.1) is 0 Å². The fourth-order valence-corrected chi connectivity index (χ4v) is 1.48. The van der Waals surface area contributed by atoms with Crippen molar-refractivity contribution in [2.75, 3.05) is 19.1 Å². The fraction of sp³-hybridized carbons (Fsp3) is 0.571. The van der Waals surface area contributed by atoms with E-state index in [1.54, 1.807) is 6.08 Å². The van der Waals surface area contributed by atoms with Crippen LogP contribution in [0.4, 0.5) is 0 Å². The third-order valence-electron chi connectivity index (χ3n) is 1.04. The second-order valence-electron chi connectivity index (χ2n) is 2.05. The SMILES string of the molecule is C=CCOC[PH](=O)CCC=O. The van der Waals surface area contributed by atoms with Gasteiger partial charge in [-0.15, -0.1) is 6.58 Å². The van der Waals surface area contributed by atoms with Crippen LogP contribution in [0.15, 0.2) is 12.7 Å². The zero-order valence-electron chi connectivity index (χ0n) is 6.41. The molecule has 0 aromatic heterocycles. The number of hydrogen-bond acceptors (Lipinski definition) is 3. The summed E-state index contributed by atoms with van der Waals surface area (Å²) in [5.41, 5.74) is 0. The first-order valence-electron chi connectivity index (χ1n) is 3.45. The predicted molar refractivity (Wildman–Crippen MR) is 45.6 cm³/mol. The fourth-order valence-electron chi connectivity index (χ4n) is 0.548. The van der Waals surface area contributed by atoms with Crippen LogP contribution < -0.4 is 0 Å². The second kappa shape index (κ2) is 7.70. The summed E-state index contributed by atoms with van der Waals surface area (Å²) in [7, 11) is -1.68. The number of hydrogen-bond donors (Lipinski definition) is 0. The zero-order chi connectivity index (χ0) is 8.53. The Kier molecular flexibility index (Phi) is 7.42. The number of carbonyl (C=O) groups is 1. The predicted octanol–water partition coefficient (Wildman–Crippen LogP) is 1.30. The molecule has 0 amide bonds. The van der Waals surface area contributed by atoms with Crippen molar-refractivity contribution in [3.8, 4) is 0 Å². The molecule has 0 fully saturated rings. The van der Waals surface area contributed by atoms with E-state index in [-0.39, 0.29) is 6.35 Å². The average Bonchev–Trinajstić information content (AvgIpc) is 2.01. The molecule has 0 heterocycles. The van der Waals surface area contributed by atoms with Crippen molar-refractivity contribution in [1.82, 2.24) is 0 Å². The highest BCUT2D eigenvalue weighted by atomic mass is 31.1. The quantitative estimate of drug-likeness (QED) is 0.254. The molecule has 3 nitrogen and oxygen atoms in total. The summed E-state index contributed by atoms with van der Waals surface area (Å²) in [6.45, 7) is 3.88. The minimum atomic E-state index is -1.68. The van der Waals surface area contributed by atoms with Crippen molar-refractivity contribution in [3.63, 3.8) is 0 Å². The molecule has 1 atom stereocenters. The highest BCUT2D eigenvalue weighted by Gasteiger charge is 1.97. The first-order chi connectivity index (χ1) is 5.31. The van der Waals surface area contributed by atoms with E-state index in [0.29, 0.717) is 19.2 Å². The Morgan fingerprint density at radius 2 is 2.27 bits per heavy atom. The van der Waals surface area contributed by atoms with Gasteiger partial charge in [-0.05, 0) is 0 Å². The van der Waals surface area contributed by atoms with Crippen LogP contribution >= 0.6 is 7.80 Å². The molecule has 0 rings (SSSR count). The molecule has 0 aromatic carbocycles. The van der Waals surface area contributed by atoms with Gasteiger partial charge in [0, 0.05) is 12.6 Å². The molecule has 64 valence electrons. The molecule has 0 N–H and O–H groups in total. The third-order valence-corrected chi connectivity index (χ3v) is 2.41. The minimum Gasteiger partial charge on any atom is -0.370 e. The van der Waals surface area contributed by atoms with Crippen LogP contribution in [-0.2, 0) is 14.1 Å². The number of rotatable bonds is 7. The van der Waals surface area contributed by atoms with Gasteiger partial charge in [-0.1, -0.05) is 6.08 Å². The Morgan fingerprint density at radius 3 is 2.82 bits per heavy atom. The smallest absolute Gasteiger partial charge is 0.120 e. The van der Waals surface area contributed by atoms with E-state index in [1.165, 1.54) is 0 Å². The summed E-state index contributed by atoms with van der Waals surface area (Å²) in [5, 5.41) is 0. The molecular weight excluding hydrogens is 163 g/mol. The Bertz CT molecular complexity index is 145. The lowest BCUT2D eigenvalue weighted by atomic mass is 10.6. The molecule has 1 unspecified atom stereocenters. The molecule has 0 saturated carbocycles. The molecular formula is C7H13O3P. The Labute approximate surface area is 67.2 Å². The largest absolute Gasteiger partial charge is 0.370 e. The van der Waals surface area contributed by atoms with Gasteiger partial charge in [0.25, 0.3) is 0 Å². The van der Waals surface area contributed by atoms with Crippen molar-refractivity contribution in [2.45, 2.75) is 6.42 Å². The van der Waals surface area contributed by atoms with E-state index in [9.17, 15) is 9.36 Å². The second-order valence-corrected chi connectivity index (χ2v) is 3.91. The maximum atomic E-state index is 10.9. The van der Waals surface area contributed by atoms with Gasteiger partial charge in [-0.2, -0.15) is 0 Å². The number of aldehydes is 1. The third kappa shape index (κ3) is 7.50. The van der Waals surface area contributed by atoms with Gasteiger partial charge in [-0.3, -0.25) is 0 Å². The molecule has 0 bridgehead atoms. The average molecular weight is 176 g/mol. The molecule has 0 aliphatic heterocycles.